The second kappa shape index (κ2) is 29.9. The van der Waals surface area contributed by atoms with E-state index in [0.29, 0.717) is 51.6 Å². The summed E-state index contributed by atoms with van der Waals surface area (Å²) in [4.78, 5) is 117. The number of likely N-dealkylation sites (N-methyl/N-ethyl adjacent to an activating group) is 2. The number of nitrogens with zero attached hydrogens (tertiary/aromatic N) is 4. The van der Waals surface area contributed by atoms with Crippen LogP contribution in [0.4, 0.5) is 9.59 Å². The van der Waals surface area contributed by atoms with Crippen LogP contribution in [-0.2, 0) is 60.6 Å². The Hall–Kier alpha value is -7.16. The maximum Gasteiger partial charge on any atom is 0.410 e. The molecule has 88 heavy (non-hydrogen) atoms. The third-order valence-corrected chi connectivity index (χ3v) is 18.3. The molecule has 2 saturated carbocycles. The van der Waals surface area contributed by atoms with Crippen molar-refractivity contribution >= 4 is 47.6 Å². The molecule has 2 aromatic rings. The highest BCUT2D eigenvalue weighted by Crippen LogP contribution is 2.37. The average molecular weight is 1220 g/mol. The molecule has 20 heteroatoms. The molecule has 0 unspecified atom stereocenters. The first-order valence-electron chi connectivity index (χ1n) is 32.0. The molecule has 0 aromatic heterocycles. The van der Waals surface area contributed by atoms with Crippen molar-refractivity contribution in [2.75, 3.05) is 40.4 Å². The summed E-state index contributed by atoms with van der Waals surface area (Å²) in [6.45, 7) is 14.5. The summed E-state index contributed by atoms with van der Waals surface area (Å²) < 4.78 is 23.8. The second-order valence-corrected chi connectivity index (χ2v) is 26.8. The minimum Gasteiger partial charge on any atom is -0.444 e. The molecule has 10 atom stereocenters. The maximum atomic E-state index is 14.7. The Kier molecular flexibility index (Phi) is 22.7. The van der Waals surface area contributed by atoms with Crippen LogP contribution >= 0.6 is 0 Å². The van der Waals surface area contributed by atoms with E-state index >= 15 is 0 Å². The van der Waals surface area contributed by atoms with Gasteiger partial charge in [-0.2, -0.15) is 0 Å². The molecule has 4 N–H and O–H groups in total. The molecule has 0 bridgehead atoms. The number of fused-ring (bicyclic) bond motifs is 2. The van der Waals surface area contributed by atoms with E-state index in [1.807, 2.05) is 48.5 Å². The van der Waals surface area contributed by atoms with Gasteiger partial charge in [-0.05, 0) is 153 Å². The van der Waals surface area contributed by atoms with E-state index < -0.39 is 95.7 Å². The van der Waals surface area contributed by atoms with Gasteiger partial charge in [-0.15, -0.1) is 0 Å². The first kappa shape index (κ1) is 66.8. The number of rotatable bonds is 18. The monoisotopic (exact) mass is 1210 g/mol. The molecule has 4 fully saturated rings. The largest absolute Gasteiger partial charge is 0.444 e. The van der Waals surface area contributed by atoms with Gasteiger partial charge in [-0.3, -0.25) is 38.6 Å². The van der Waals surface area contributed by atoms with E-state index in [4.69, 9.17) is 18.9 Å². The Morgan fingerprint density at radius 2 is 0.898 bits per heavy atom. The smallest absolute Gasteiger partial charge is 0.410 e. The van der Waals surface area contributed by atoms with Gasteiger partial charge in [0, 0.05) is 40.0 Å². The van der Waals surface area contributed by atoms with Crippen LogP contribution in [0.1, 0.15) is 180 Å². The van der Waals surface area contributed by atoms with E-state index in [-0.39, 0.29) is 48.7 Å². The molecule has 0 spiro atoms. The zero-order valence-corrected chi connectivity index (χ0v) is 53.4. The number of ether oxygens (including phenoxy) is 4. The van der Waals surface area contributed by atoms with Gasteiger partial charge in [0.15, 0.2) is 0 Å². The van der Waals surface area contributed by atoms with Crippen LogP contribution in [0.5, 0.6) is 0 Å². The molecule has 478 valence electrons. The van der Waals surface area contributed by atoms with Gasteiger partial charge in [0.05, 0.1) is 24.3 Å². The number of hydrogen-bond donors (Lipinski definition) is 4. The first-order valence-corrected chi connectivity index (χ1v) is 32.0. The van der Waals surface area contributed by atoms with E-state index in [1.54, 1.807) is 65.2 Å². The maximum absolute atomic E-state index is 14.7. The third-order valence-electron chi connectivity index (χ3n) is 18.3. The molecule has 8 rings (SSSR count). The van der Waals surface area contributed by atoms with Crippen molar-refractivity contribution in [2.24, 2.45) is 11.8 Å². The summed E-state index contributed by atoms with van der Waals surface area (Å²) in [7, 11) is 3.00. The lowest BCUT2D eigenvalue weighted by molar-refractivity contribution is -0.144. The molecule has 2 saturated heterocycles. The fourth-order valence-electron chi connectivity index (χ4n) is 13.3. The van der Waals surface area contributed by atoms with Crippen LogP contribution in [-0.4, -0.2) is 167 Å². The van der Waals surface area contributed by atoms with Gasteiger partial charge in [-0.25, -0.2) is 9.59 Å². The standard InChI is InChI=1S/C68H94N8O12/c1-43(73(9)65(83)87-67(3,4)5)59(77)69-55(45-27-15-13-16-28-45)63(81)75-37-25-35-51(75)61(79)71-57-49-33-21-19-31-47(49)41-53(57)85-39-23-11-12-24-40-86-54-42-48-32-20-22-34-50(48)58(54)72-62(80)52-36-26-38-76(52)64(82)56(46-29-17-14-18-30-46)70-60(78)44(2)74(10)66(84)88-68(6,7)8/h19-22,31-34,43-46,51-58H,13-18,25-30,35-42H2,1-10H3,(H,69,77)(H,70,78)(H,71,79)(H,72,80)/t43-,44-,51-,52-,53+,54+,55-,56-,57-,58-/m0/s1. The third kappa shape index (κ3) is 17.0. The first-order chi connectivity index (χ1) is 41.9. The normalized spacial score (nSPS) is 23.2. The molecule has 2 heterocycles. The Labute approximate surface area is 520 Å². The van der Waals surface area contributed by atoms with Gasteiger partial charge in [-0.1, -0.05) is 98.9 Å². The number of nitrogens with one attached hydrogen (secondary N) is 4. The van der Waals surface area contributed by atoms with Crippen LogP contribution in [0.3, 0.4) is 0 Å². The van der Waals surface area contributed by atoms with Gasteiger partial charge in [0.25, 0.3) is 0 Å². The molecule has 6 aliphatic rings. The summed E-state index contributed by atoms with van der Waals surface area (Å²) in [5.74, 6) is 9.38. The van der Waals surface area contributed by atoms with E-state index in [2.05, 4.69) is 44.9 Å². The Bertz CT molecular complexity index is 2780. The summed E-state index contributed by atoms with van der Waals surface area (Å²) in [6, 6.07) is 9.62. The molecule has 0 radical (unpaired) electrons. The predicted molar refractivity (Wildman–Crippen MR) is 330 cm³/mol. The number of carbonyl (C=O) groups is 8. The lowest BCUT2D eigenvalue weighted by Gasteiger charge is -2.36. The zero-order chi connectivity index (χ0) is 63.5. The Morgan fingerprint density at radius 1 is 0.534 bits per heavy atom. The number of likely N-dealkylation sites (tertiary alicyclic amines) is 2. The van der Waals surface area contributed by atoms with Gasteiger partial charge in [0.2, 0.25) is 35.4 Å². The highest BCUT2D eigenvalue weighted by molar-refractivity contribution is 5.96. The summed E-state index contributed by atoms with van der Waals surface area (Å²) in [6.07, 6.45) is 9.88. The number of hydrogen-bond acceptors (Lipinski definition) is 12. The van der Waals surface area contributed by atoms with Crippen molar-refractivity contribution in [1.82, 2.24) is 40.9 Å². The van der Waals surface area contributed by atoms with Crippen LogP contribution < -0.4 is 21.3 Å². The molecule has 2 aliphatic heterocycles. The van der Waals surface area contributed by atoms with E-state index in [1.165, 1.54) is 23.9 Å². The molecule has 8 amide bonds. The lowest BCUT2D eigenvalue weighted by atomic mass is 9.83. The van der Waals surface area contributed by atoms with Gasteiger partial charge in [0.1, 0.15) is 60.7 Å². The Morgan fingerprint density at radius 3 is 1.26 bits per heavy atom. The van der Waals surface area contributed by atoms with Crippen molar-refractivity contribution < 1.29 is 57.3 Å². The van der Waals surface area contributed by atoms with Gasteiger partial charge < -0.3 is 50.0 Å². The van der Waals surface area contributed by atoms with Crippen molar-refractivity contribution in [3.05, 3.63) is 70.8 Å². The quantitative estimate of drug-likeness (QED) is 0.108. The highest BCUT2D eigenvalue weighted by Gasteiger charge is 2.46. The van der Waals surface area contributed by atoms with E-state index in [9.17, 15) is 38.4 Å². The molecule has 20 nitrogen and oxygen atoms in total. The fraction of sp³-hybridized carbons (Fsp3) is 0.647. The van der Waals surface area contributed by atoms with Crippen LogP contribution in [0, 0.1) is 35.5 Å². The molecular formula is C68H94N8O12. The van der Waals surface area contributed by atoms with E-state index in [0.717, 1.165) is 86.5 Å². The van der Waals surface area contributed by atoms with Crippen molar-refractivity contribution in [1.29, 1.82) is 0 Å². The highest BCUT2D eigenvalue weighted by atomic mass is 16.6. The number of benzene rings is 2. The zero-order valence-electron chi connectivity index (χ0n) is 53.4. The predicted octanol–water partition coefficient (Wildman–Crippen LogP) is 7.21. The Balaban J connectivity index is 0.862. The van der Waals surface area contributed by atoms with Crippen LogP contribution in [0.25, 0.3) is 0 Å². The van der Waals surface area contributed by atoms with Gasteiger partial charge >= 0.3 is 12.2 Å². The summed E-state index contributed by atoms with van der Waals surface area (Å²) in [5, 5.41) is 12.5. The SMILES string of the molecule is C[C@@H](C(=O)N[C@H](C(=O)N1CCC[C@H]1C(=O)N[C@H]1c2ccccc2C[C@H]1OCC#CC#CCO[C@@H]1Cc2ccccc2[C@@H]1NC(=O)[C@@H]1CCCN1C(=O)[C@@H](NC(=O)[C@H](C)N(C)C(=O)OC(C)(C)C)C1CCCCC1)C1CCCCC1)N(C)C(=O)OC(C)(C)C. The van der Waals surface area contributed by atoms with Crippen LogP contribution in [0.15, 0.2) is 48.5 Å². The van der Waals surface area contributed by atoms with Crippen molar-refractivity contribution in [3.8, 4) is 23.7 Å². The second-order valence-electron chi connectivity index (χ2n) is 26.8. The minimum atomic E-state index is -0.916. The average Bonchev–Trinajstić information content (AvgIpc) is 2.32. The van der Waals surface area contributed by atoms with Crippen molar-refractivity contribution in [3.63, 3.8) is 0 Å². The molecule has 2 aromatic carbocycles. The minimum absolute atomic E-state index is 0.0317. The summed E-state index contributed by atoms with van der Waals surface area (Å²) in [5.41, 5.74) is 2.41. The molecular weight excluding hydrogens is 1120 g/mol. The number of amides is 8. The lowest BCUT2D eigenvalue weighted by Crippen LogP contribution is -2.59. The number of carbonyl (C=O) groups excluding carboxylic acids is 8. The van der Waals surface area contributed by atoms with Crippen molar-refractivity contribution in [2.45, 2.75) is 230 Å². The fourth-order valence-corrected chi connectivity index (χ4v) is 13.3. The summed E-state index contributed by atoms with van der Waals surface area (Å²) >= 11 is 0. The van der Waals surface area contributed by atoms with Crippen LogP contribution in [0.2, 0.25) is 0 Å². The molecule has 4 aliphatic carbocycles. The topological polar surface area (TPSA) is 235 Å².